The lowest BCUT2D eigenvalue weighted by atomic mass is 10.2. The van der Waals surface area contributed by atoms with E-state index in [9.17, 15) is 22.2 Å². The summed E-state index contributed by atoms with van der Waals surface area (Å²) in [5.41, 5.74) is 4.37. The molecule has 8 heteroatoms. The summed E-state index contributed by atoms with van der Waals surface area (Å²) in [6.07, 6.45) is -2.35. The summed E-state index contributed by atoms with van der Waals surface area (Å²) < 4.78 is 49.5. The number of nitrogen functional groups attached to an aromatic ring is 1. The minimum absolute atomic E-state index is 0.0459. The van der Waals surface area contributed by atoms with Crippen LogP contribution in [0.2, 0.25) is 0 Å². The van der Waals surface area contributed by atoms with Gasteiger partial charge in [0.2, 0.25) is 5.91 Å². The van der Waals surface area contributed by atoms with Crippen LogP contribution in [0.5, 0.6) is 0 Å². The molecule has 0 saturated heterocycles. The molecule has 1 aliphatic carbocycles. The number of amides is 1. The van der Waals surface area contributed by atoms with Crippen molar-refractivity contribution in [2.45, 2.75) is 23.9 Å². The predicted octanol–water partition coefficient (Wildman–Crippen LogP) is 1.92. The van der Waals surface area contributed by atoms with E-state index >= 15 is 0 Å². The Morgan fingerprint density at radius 3 is 2.57 bits per heavy atom. The Labute approximate surface area is 122 Å². The average molecular weight is 320 g/mol. The summed E-state index contributed by atoms with van der Waals surface area (Å²) in [7, 11) is -1.76. The number of benzene rings is 1. The van der Waals surface area contributed by atoms with E-state index < -0.39 is 22.5 Å². The first-order valence-electron chi connectivity index (χ1n) is 6.39. The minimum atomic E-state index is -4.50. The van der Waals surface area contributed by atoms with Crippen molar-refractivity contribution in [3.63, 3.8) is 0 Å². The summed E-state index contributed by atoms with van der Waals surface area (Å²) in [5.74, 6) is -0.194. The third-order valence-corrected chi connectivity index (χ3v) is 4.52. The second-order valence-corrected chi connectivity index (χ2v) is 6.41. The number of rotatable bonds is 5. The Hall–Kier alpha value is -1.57. The van der Waals surface area contributed by atoms with Crippen molar-refractivity contribution in [3.05, 3.63) is 23.8 Å². The standard InChI is InChI=1S/C13H15F3N2O2S/c14-13(15,16)9-3-4-11(10(17)5-9)21(20)7-12(19)18-6-8-1-2-8/h3-5,8H,1-2,6-7,17H2,(H,18,19). The van der Waals surface area contributed by atoms with E-state index in [2.05, 4.69) is 5.32 Å². The molecule has 21 heavy (non-hydrogen) atoms. The van der Waals surface area contributed by atoms with Gasteiger partial charge in [-0.1, -0.05) is 0 Å². The summed E-state index contributed by atoms with van der Waals surface area (Å²) in [5, 5.41) is 2.65. The van der Waals surface area contributed by atoms with Crippen molar-refractivity contribution in [2.24, 2.45) is 5.92 Å². The van der Waals surface area contributed by atoms with E-state index in [0.29, 0.717) is 12.5 Å². The molecule has 1 fully saturated rings. The molecule has 4 nitrogen and oxygen atoms in total. The van der Waals surface area contributed by atoms with Crippen molar-refractivity contribution < 1.29 is 22.2 Å². The SMILES string of the molecule is Nc1cc(C(F)(F)F)ccc1S(=O)CC(=O)NCC1CC1. The van der Waals surface area contributed by atoms with E-state index in [-0.39, 0.29) is 22.2 Å². The molecule has 1 amide bonds. The highest BCUT2D eigenvalue weighted by Gasteiger charge is 2.31. The first-order valence-corrected chi connectivity index (χ1v) is 7.71. The maximum atomic E-state index is 12.5. The molecule has 0 radical (unpaired) electrons. The monoisotopic (exact) mass is 320 g/mol. The third-order valence-electron chi connectivity index (χ3n) is 3.13. The van der Waals surface area contributed by atoms with Crippen molar-refractivity contribution >= 4 is 22.4 Å². The quantitative estimate of drug-likeness (QED) is 0.814. The van der Waals surface area contributed by atoms with Crippen LogP contribution in [0.1, 0.15) is 18.4 Å². The highest BCUT2D eigenvalue weighted by atomic mass is 32.2. The zero-order valence-corrected chi connectivity index (χ0v) is 11.9. The Kier molecular flexibility index (Phi) is 4.55. The van der Waals surface area contributed by atoms with Gasteiger partial charge in [0.1, 0.15) is 5.75 Å². The number of carbonyl (C=O) groups excluding carboxylic acids is 1. The fourth-order valence-electron chi connectivity index (χ4n) is 1.76. The van der Waals surface area contributed by atoms with Gasteiger partial charge in [0.25, 0.3) is 0 Å². The van der Waals surface area contributed by atoms with Crippen LogP contribution >= 0.6 is 0 Å². The molecule has 2 rings (SSSR count). The van der Waals surface area contributed by atoms with E-state index in [1.165, 1.54) is 0 Å². The molecule has 1 unspecified atom stereocenters. The van der Waals surface area contributed by atoms with Crippen LogP contribution in [-0.2, 0) is 21.8 Å². The first kappa shape index (κ1) is 15.8. The molecule has 1 aromatic rings. The van der Waals surface area contributed by atoms with E-state index in [1.807, 2.05) is 0 Å². The van der Waals surface area contributed by atoms with Crippen LogP contribution in [0, 0.1) is 5.92 Å². The lowest BCUT2D eigenvalue weighted by Gasteiger charge is -2.10. The van der Waals surface area contributed by atoms with Gasteiger partial charge >= 0.3 is 6.18 Å². The summed E-state index contributed by atoms with van der Waals surface area (Å²) in [6, 6.07) is 2.60. The molecule has 1 saturated carbocycles. The minimum Gasteiger partial charge on any atom is -0.398 e. The number of halogens is 3. The van der Waals surface area contributed by atoms with Gasteiger partial charge < -0.3 is 11.1 Å². The number of alkyl halides is 3. The average Bonchev–Trinajstić information content (AvgIpc) is 3.19. The van der Waals surface area contributed by atoms with E-state index in [0.717, 1.165) is 31.0 Å². The molecule has 0 spiro atoms. The highest BCUT2D eigenvalue weighted by molar-refractivity contribution is 7.86. The molecule has 0 aliphatic heterocycles. The van der Waals surface area contributed by atoms with Gasteiger partial charge in [-0.25, -0.2) is 0 Å². The molecule has 0 heterocycles. The summed E-state index contributed by atoms with van der Waals surface area (Å²) >= 11 is 0. The Balaban J connectivity index is 1.99. The number of hydrogen-bond donors (Lipinski definition) is 2. The predicted molar refractivity (Wildman–Crippen MR) is 72.9 cm³/mol. The van der Waals surface area contributed by atoms with Gasteiger partial charge in [0, 0.05) is 12.2 Å². The Morgan fingerprint density at radius 2 is 2.05 bits per heavy atom. The zero-order valence-electron chi connectivity index (χ0n) is 11.1. The van der Waals surface area contributed by atoms with Crippen LogP contribution in [0.25, 0.3) is 0 Å². The Bertz CT molecular complexity index is 571. The first-order chi connectivity index (χ1) is 9.77. The molecule has 0 bridgehead atoms. The van der Waals surface area contributed by atoms with Crippen LogP contribution in [0.15, 0.2) is 23.1 Å². The molecule has 1 aliphatic rings. The molecule has 1 atom stereocenters. The molecular weight excluding hydrogens is 305 g/mol. The van der Waals surface area contributed by atoms with Crippen LogP contribution in [-0.4, -0.2) is 22.4 Å². The molecule has 3 N–H and O–H groups in total. The van der Waals surface area contributed by atoms with Gasteiger partial charge in [-0.05, 0) is 37.0 Å². The smallest absolute Gasteiger partial charge is 0.398 e. The maximum Gasteiger partial charge on any atom is 0.416 e. The van der Waals surface area contributed by atoms with Crippen molar-refractivity contribution in [1.82, 2.24) is 5.32 Å². The van der Waals surface area contributed by atoms with Gasteiger partial charge in [-0.3, -0.25) is 9.00 Å². The van der Waals surface area contributed by atoms with E-state index in [1.54, 1.807) is 0 Å². The van der Waals surface area contributed by atoms with Crippen LogP contribution in [0.4, 0.5) is 18.9 Å². The van der Waals surface area contributed by atoms with Crippen molar-refractivity contribution in [3.8, 4) is 0 Å². The topological polar surface area (TPSA) is 72.2 Å². The molecule has 116 valence electrons. The van der Waals surface area contributed by atoms with Crippen molar-refractivity contribution in [1.29, 1.82) is 0 Å². The number of hydrogen-bond acceptors (Lipinski definition) is 3. The van der Waals surface area contributed by atoms with Gasteiger partial charge in [-0.15, -0.1) is 0 Å². The number of anilines is 1. The van der Waals surface area contributed by atoms with E-state index in [4.69, 9.17) is 5.73 Å². The normalized spacial score (nSPS) is 16.5. The van der Waals surface area contributed by atoms with Gasteiger partial charge in [-0.2, -0.15) is 13.2 Å². The number of carbonyl (C=O) groups is 1. The number of nitrogens with two attached hydrogens (primary N) is 1. The Morgan fingerprint density at radius 1 is 1.38 bits per heavy atom. The maximum absolute atomic E-state index is 12.5. The van der Waals surface area contributed by atoms with Gasteiger partial charge in [0.05, 0.1) is 21.3 Å². The van der Waals surface area contributed by atoms with Crippen LogP contribution < -0.4 is 11.1 Å². The second kappa shape index (κ2) is 6.05. The molecule has 1 aromatic carbocycles. The molecule has 0 aromatic heterocycles. The second-order valence-electron chi connectivity index (χ2n) is 4.99. The fraction of sp³-hybridized carbons (Fsp3) is 0.462. The fourth-order valence-corrected chi connectivity index (χ4v) is 2.80. The van der Waals surface area contributed by atoms with Crippen molar-refractivity contribution in [2.75, 3.05) is 18.0 Å². The highest BCUT2D eigenvalue weighted by Crippen LogP contribution is 2.32. The van der Waals surface area contributed by atoms with Gasteiger partial charge in [0.15, 0.2) is 0 Å². The largest absolute Gasteiger partial charge is 0.416 e. The van der Waals surface area contributed by atoms with Crippen LogP contribution in [0.3, 0.4) is 0 Å². The zero-order chi connectivity index (χ0) is 15.6. The molecular formula is C13H15F3N2O2S. The summed E-state index contributed by atoms with van der Waals surface area (Å²) in [6.45, 7) is 0.554. The lowest BCUT2D eigenvalue weighted by Crippen LogP contribution is -2.30. The summed E-state index contributed by atoms with van der Waals surface area (Å²) in [4.78, 5) is 11.6. The lowest BCUT2D eigenvalue weighted by molar-refractivity contribution is -0.137. The third kappa shape index (κ3) is 4.45. The number of nitrogens with one attached hydrogen (secondary N) is 1.